The number of hydrogen-bond donors (Lipinski definition) is 0. The summed E-state index contributed by atoms with van der Waals surface area (Å²) in [5.74, 6) is 0.389. The van der Waals surface area contributed by atoms with Crippen molar-refractivity contribution in [2.45, 2.75) is 130 Å². The molecule has 3 heteroatoms. The van der Waals surface area contributed by atoms with Crippen molar-refractivity contribution in [3.8, 4) is 0 Å². The number of benzene rings is 1. The van der Waals surface area contributed by atoms with E-state index in [0.717, 1.165) is 42.4 Å². The molecule has 0 spiro atoms. The summed E-state index contributed by atoms with van der Waals surface area (Å²) < 4.78 is 5.38. The van der Waals surface area contributed by atoms with Gasteiger partial charge in [-0.15, -0.1) is 0 Å². The lowest BCUT2D eigenvalue weighted by molar-refractivity contribution is -0.137. The van der Waals surface area contributed by atoms with Gasteiger partial charge in [0.15, 0.2) is 5.78 Å². The lowest BCUT2D eigenvalue weighted by Gasteiger charge is -2.31. The number of carbonyl (C=O) groups is 2. The lowest BCUT2D eigenvalue weighted by atomic mass is 9.70. The van der Waals surface area contributed by atoms with Gasteiger partial charge >= 0.3 is 5.97 Å². The summed E-state index contributed by atoms with van der Waals surface area (Å²) in [5, 5.41) is 0. The second-order valence-electron chi connectivity index (χ2n) is 13.2. The minimum atomic E-state index is -0.285. The van der Waals surface area contributed by atoms with E-state index < -0.39 is 0 Å². The van der Waals surface area contributed by atoms with Crippen molar-refractivity contribution in [1.82, 2.24) is 0 Å². The second-order valence-corrected chi connectivity index (χ2v) is 13.2. The molecule has 2 fully saturated rings. The molecule has 2 saturated carbocycles. The molecule has 3 rings (SSSR count). The zero-order valence-corrected chi connectivity index (χ0v) is 26.5. The minimum absolute atomic E-state index is 0.0307. The summed E-state index contributed by atoms with van der Waals surface area (Å²) in [4.78, 5) is 25.2. The average molecular weight is 561 g/mol. The van der Waals surface area contributed by atoms with Gasteiger partial charge in [-0.1, -0.05) is 122 Å². The largest absolute Gasteiger partial charge is 0.463 e. The Bertz CT molecular complexity index is 1040. The summed E-state index contributed by atoms with van der Waals surface area (Å²) in [7, 11) is 0. The number of rotatable bonds is 19. The van der Waals surface area contributed by atoms with Gasteiger partial charge in [0.05, 0.1) is 6.61 Å². The third-order valence-corrected chi connectivity index (χ3v) is 9.94. The van der Waals surface area contributed by atoms with Gasteiger partial charge in [-0.2, -0.15) is 0 Å². The predicted octanol–water partition coefficient (Wildman–Crippen LogP) is 10.7. The first-order valence-corrected chi connectivity index (χ1v) is 16.7. The Morgan fingerprint density at radius 3 is 1.98 bits per heavy atom. The lowest BCUT2D eigenvalue weighted by Crippen LogP contribution is -2.32. The van der Waals surface area contributed by atoms with Gasteiger partial charge in [-0.3, -0.25) is 4.79 Å². The van der Waals surface area contributed by atoms with E-state index in [0.29, 0.717) is 18.3 Å². The maximum absolute atomic E-state index is 13.1. The fraction of sp³-hybridized carbons (Fsp3) is 0.632. The van der Waals surface area contributed by atoms with Crippen molar-refractivity contribution in [3.05, 3.63) is 59.2 Å². The number of hydrogen-bond acceptors (Lipinski definition) is 3. The van der Waals surface area contributed by atoms with Crippen LogP contribution < -0.4 is 0 Å². The van der Waals surface area contributed by atoms with Crippen LogP contribution in [0.15, 0.2) is 48.1 Å². The third-order valence-electron chi connectivity index (χ3n) is 9.94. The van der Waals surface area contributed by atoms with Gasteiger partial charge in [0.25, 0.3) is 0 Å². The van der Waals surface area contributed by atoms with Crippen LogP contribution >= 0.6 is 0 Å². The highest BCUT2D eigenvalue weighted by atomic mass is 16.5. The maximum Gasteiger partial charge on any atom is 0.330 e. The van der Waals surface area contributed by atoms with Gasteiger partial charge in [0.1, 0.15) is 0 Å². The monoisotopic (exact) mass is 560 g/mol. The van der Waals surface area contributed by atoms with Crippen LogP contribution in [0, 0.1) is 16.7 Å². The third kappa shape index (κ3) is 9.55. The Hall–Kier alpha value is -2.42. The van der Waals surface area contributed by atoms with Crippen LogP contribution in [-0.2, 0) is 14.3 Å². The quantitative estimate of drug-likeness (QED) is 0.0731. The number of allylic oxidation sites excluding steroid dienone is 3. The molecule has 0 aliphatic heterocycles. The van der Waals surface area contributed by atoms with E-state index in [1.54, 1.807) is 6.08 Å². The number of Topliss-reactive ketones (excluding diaryl/α,β-unsaturated/α-hetero) is 1. The van der Waals surface area contributed by atoms with Crippen LogP contribution in [0.2, 0.25) is 0 Å². The van der Waals surface area contributed by atoms with Gasteiger partial charge < -0.3 is 4.74 Å². The average Bonchev–Trinajstić information content (AvgIpc) is 3.27. The molecule has 2 atom stereocenters. The van der Waals surface area contributed by atoms with Crippen LogP contribution in [0.5, 0.6) is 0 Å². The fourth-order valence-corrected chi connectivity index (χ4v) is 6.71. The number of esters is 1. The van der Waals surface area contributed by atoms with E-state index in [9.17, 15) is 9.59 Å². The fourth-order valence-electron chi connectivity index (χ4n) is 6.71. The molecule has 0 amide bonds. The van der Waals surface area contributed by atoms with E-state index in [1.807, 2.05) is 24.3 Å². The molecule has 2 aliphatic carbocycles. The standard InChI is InChI=1S/C38H56O3/c1-5-6-7-8-9-10-11-12-13-14-15-16-17-18-19-20-29-41-35(39)26-25-31-21-23-32(24-22-31)30-33-34-27-28-38(4,36(33)40)37(34,2)3/h12-13,21-26,30,34H,5-11,14-20,27-29H2,1-4H3. The van der Waals surface area contributed by atoms with E-state index >= 15 is 0 Å². The Morgan fingerprint density at radius 1 is 0.829 bits per heavy atom. The summed E-state index contributed by atoms with van der Waals surface area (Å²) in [5.41, 5.74) is 2.79. The molecule has 0 aromatic heterocycles. The summed E-state index contributed by atoms with van der Waals surface area (Å²) in [6, 6.07) is 8.04. The molecular weight excluding hydrogens is 504 g/mol. The Kier molecular flexibility index (Phi) is 13.6. The van der Waals surface area contributed by atoms with Gasteiger partial charge in [0, 0.05) is 11.5 Å². The van der Waals surface area contributed by atoms with Crippen molar-refractivity contribution in [2.24, 2.45) is 16.7 Å². The van der Waals surface area contributed by atoms with Crippen molar-refractivity contribution < 1.29 is 14.3 Å². The van der Waals surface area contributed by atoms with E-state index in [2.05, 4.69) is 45.9 Å². The van der Waals surface area contributed by atoms with Crippen LogP contribution in [0.4, 0.5) is 0 Å². The predicted molar refractivity (Wildman–Crippen MR) is 173 cm³/mol. The summed E-state index contributed by atoms with van der Waals surface area (Å²) in [6.45, 7) is 9.39. The molecule has 3 nitrogen and oxygen atoms in total. The zero-order chi connectivity index (χ0) is 29.6. The molecule has 0 saturated heterocycles. The highest BCUT2D eigenvalue weighted by Gasteiger charge is 2.63. The first-order valence-electron chi connectivity index (χ1n) is 16.7. The molecule has 2 aliphatic rings. The Labute approximate surface area is 250 Å². The molecule has 226 valence electrons. The number of fused-ring (bicyclic) bond motifs is 2. The van der Waals surface area contributed by atoms with E-state index in [1.165, 1.54) is 83.1 Å². The molecule has 0 radical (unpaired) electrons. The van der Waals surface area contributed by atoms with Crippen molar-refractivity contribution in [3.63, 3.8) is 0 Å². The SMILES string of the molecule is CCCCCCCCC=CCCCCCCCCOC(=O)C=Cc1ccc(C=C2C(=O)C3(C)CCC2C3(C)C)cc1. The van der Waals surface area contributed by atoms with Crippen LogP contribution in [-0.4, -0.2) is 18.4 Å². The van der Waals surface area contributed by atoms with Crippen molar-refractivity contribution >= 4 is 23.9 Å². The number of unbranched alkanes of at least 4 members (excludes halogenated alkanes) is 12. The second kappa shape index (κ2) is 16.9. The van der Waals surface area contributed by atoms with Crippen molar-refractivity contribution in [1.29, 1.82) is 0 Å². The molecular formula is C38H56O3. The molecule has 1 aromatic carbocycles. The maximum atomic E-state index is 13.1. The highest BCUT2D eigenvalue weighted by molar-refractivity contribution is 6.08. The van der Waals surface area contributed by atoms with Gasteiger partial charge in [-0.25, -0.2) is 4.79 Å². The van der Waals surface area contributed by atoms with Crippen LogP contribution in [0.1, 0.15) is 142 Å². The highest BCUT2D eigenvalue weighted by Crippen LogP contribution is 2.65. The van der Waals surface area contributed by atoms with Gasteiger partial charge in [0.2, 0.25) is 0 Å². The Morgan fingerprint density at radius 2 is 1.39 bits per heavy atom. The Balaban J connectivity index is 1.22. The zero-order valence-electron chi connectivity index (χ0n) is 26.5. The summed E-state index contributed by atoms with van der Waals surface area (Å²) >= 11 is 0. The summed E-state index contributed by atoms with van der Waals surface area (Å²) in [6.07, 6.45) is 30.0. The molecule has 1 aromatic rings. The van der Waals surface area contributed by atoms with E-state index in [4.69, 9.17) is 4.74 Å². The molecule has 0 heterocycles. The minimum Gasteiger partial charge on any atom is -0.463 e. The van der Waals surface area contributed by atoms with Gasteiger partial charge in [-0.05, 0) is 85.1 Å². The molecule has 41 heavy (non-hydrogen) atoms. The molecule has 0 N–H and O–H groups in total. The topological polar surface area (TPSA) is 43.4 Å². The normalized spacial score (nSPS) is 22.5. The first kappa shape index (κ1) is 33.1. The number of carbonyl (C=O) groups excluding carboxylic acids is 2. The van der Waals surface area contributed by atoms with Crippen molar-refractivity contribution in [2.75, 3.05) is 6.61 Å². The molecule has 2 unspecified atom stereocenters. The first-order chi connectivity index (χ1) is 19.8. The number of ether oxygens (including phenoxy) is 1. The van der Waals surface area contributed by atoms with Crippen LogP contribution in [0.3, 0.4) is 0 Å². The molecule has 2 bridgehead atoms. The smallest absolute Gasteiger partial charge is 0.330 e. The number of ketones is 1. The van der Waals surface area contributed by atoms with E-state index in [-0.39, 0.29) is 16.8 Å². The van der Waals surface area contributed by atoms with Crippen LogP contribution in [0.25, 0.3) is 12.2 Å².